The van der Waals surface area contributed by atoms with Gasteiger partial charge in [0.15, 0.2) is 11.5 Å². The highest BCUT2D eigenvalue weighted by Gasteiger charge is 2.27. The Morgan fingerprint density at radius 1 is 1.11 bits per heavy atom. The minimum atomic E-state index is -0.678. The first-order valence-electron chi connectivity index (χ1n) is 5.55. The molecule has 92 valence electrons. The molecule has 0 saturated carbocycles. The van der Waals surface area contributed by atoms with E-state index in [4.69, 9.17) is 0 Å². The molecule has 6 nitrogen and oxygen atoms in total. The van der Waals surface area contributed by atoms with Gasteiger partial charge in [0.2, 0.25) is 5.78 Å². The van der Waals surface area contributed by atoms with Crippen molar-refractivity contribution in [3.63, 3.8) is 0 Å². The molecular formula is C13H8N4O2. The zero-order valence-corrected chi connectivity index (χ0v) is 9.72. The van der Waals surface area contributed by atoms with E-state index < -0.39 is 6.03 Å². The second-order valence-corrected chi connectivity index (χ2v) is 3.84. The van der Waals surface area contributed by atoms with Crippen LogP contribution in [0.2, 0.25) is 0 Å². The minimum Gasteiger partial charge on any atom is -0.288 e. The Balaban J connectivity index is 2.01. The Labute approximate surface area is 108 Å². The van der Waals surface area contributed by atoms with Crippen molar-refractivity contribution in [1.29, 1.82) is 0 Å². The molecule has 0 bridgehead atoms. The third-order valence-electron chi connectivity index (χ3n) is 2.62. The van der Waals surface area contributed by atoms with Gasteiger partial charge in [0, 0.05) is 18.0 Å². The molecule has 0 atom stereocenters. The van der Waals surface area contributed by atoms with Gasteiger partial charge in [-0.3, -0.25) is 9.36 Å². The lowest BCUT2D eigenvalue weighted by Crippen LogP contribution is -2.27. The Morgan fingerprint density at radius 2 is 1.89 bits per heavy atom. The maximum Gasteiger partial charge on any atom is 0.369 e. The summed E-state index contributed by atoms with van der Waals surface area (Å²) < 4.78 is 1.49. The number of rotatable bonds is 2. The number of aromatic nitrogens is 2. The number of hydrogen-bond acceptors (Lipinski definition) is 3. The molecule has 1 aromatic heterocycles. The zero-order valence-electron chi connectivity index (χ0n) is 9.72. The van der Waals surface area contributed by atoms with Gasteiger partial charge in [0.1, 0.15) is 6.33 Å². The fourth-order valence-electron chi connectivity index (χ4n) is 1.76. The Morgan fingerprint density at radius 3 is 2.58 bits per heavy atom. The van der Waals surface area contributed by atoms with E-state index in [1.165, 1.54) is 17.1 Å². The molecule has 0 radical (unpaired) electrons. The third kappa shape index (κ3) is 1.99. The fraction of sp³-hybridized carbons (Fsp3) is 0. The molecule has 0 spiro atoms. The van der Waals surface area contributed by atoms with Crippen molar-refractivity contribution >= 4 is 23.4 Å². The van der Waals surface area contributed by atoms with Crippen molar-refractivity contribution in [1.82, 2.24) is 9.55 Å². The van der Waals surface area contributed by atoms with Crippen LogP contribution in [0.3, 0.4) is 0 Å². The molecule has 1 aromatic carbocycles. The van der Waals surface area contributed by atoms with Crippen LogP contribution in [0.1, 0.15) is 10.4 Å². The number of amides is 2. The predicted molar refractivity (Wildman–Crippen MR) is 68.7 cm³/mol. The smallest absolute Gasteiger partial charge is 0.288 e. The lowest BCUT2D eigenvalue weighted by molar-refractivity contribution is 0.106. The molecule has 0 saturated heterocycles. The molecule has 2 heterocycles. The van der Waals surface area contributed by atoms with Gasteiger partial charge in [-0.15, -0.1) is 0 Å². The van der Waals surface area contributed by atoms with Gasteiger partial charge >= 0.3 is 6.03 Å². The van der Waals surface area contributed by atoms with Gasteiger partial charge in [0.25, 0.3) is 0 Å². The topological polar surface area (TPSA) is 76.7 Å². The number of nitrogens with zero attached hydrogens (tertiary/aromatic N) is 4. The molecule has 19 heavy (non-hydrogen) atoms. The van der Waals surface area contributed by atoms with Crippen LogP contribution in [0.15, 0.2) is 59.0 Å². The van der Waals surface area contributed by atoms with Crippen LogP contribution in [0.25, 0.3) is 0 Å². The van der Waals surface area contributed by atoms with Crippen molar-refractivity contribution in [3.8, 4) is 0 Å². The van der Waals surface area contributed by atoms with Crippen molar-refractivity contribution in [2.75, 3.05) is 0 Å². The summed E-state index contributed by atoms with van der Waals surface area (Å²) in [4.78, 5) is 34.9. The SMILES string of the molecule is O=C1N=C(C(=O)c2ccccc2)C(n2ccnc2)=N1. The van der Waals surface area contributed by atoms with E-state index in [1.807, 2.05) is 6.07 Å². The van der Waals surface area contributed by atoms with Gasteiger partial charge in [0.05, 0.1) is 0 Å². The Bertz CT molecular complexity index is 700. The van der Waals surface area contributed by atoms with Crippen molar-refractivity contribution in [3.05, 3.63) is 54.6 Å². The van der Waals surface area contributed by atoms with Crippen molar-refractivity contribution in [2.24, 2.45) is 9.98 Å². The summed E-state index contributed by atoms with van der Waals surface area (Å²) in [5.74, 6) is -0.129. The number of carbonyl (C=O) groups excluding carboxylic acids is 2. The van der Waals surface area contributed by atoms with Crippen LogP contribution in [-0.2, 0) is 0 Å². The molecule has 3 rings (SSSR count). The number of aliphatic imine (C=N–C) groups is 2. The van der Waals surface area contributed by atoms with Crippen molar-refractivity contribution < 1.29 is 9.59 Å². The van der Waals surface area contributed by atoms with E-state index in [9.17, 15) is 9.59 Å². The molecule has 0 N–H and O–H groups in total. The second-order valence-electron chi connectivity index (χ2n) is 3.84. The predicted octanol–water partition coefficient (Wildman–Crippen LogP) is 1.59. The lowest BCUT2D eigenvalue weighted by atomic mass is 10.1. The maximum atomic E-state index is 12.3. The number of urea groups is 1. The summed E-state index contributed by atoms with van der Waals surface area (Å²) in [5.41, 5.74) is 0.498. The highest BCUT2D eigenvalue weighted by molar-refractivity contribution is 6.72. The number of carbonyl (C=O) groups is 2. The summed E-state index contributed by atoms with van der Waals surface area (Å²) in [6.45, 7) is 0. The van der Waals surface area contributed by atoms with Gasteiger partial charge in [-0.25, -0.2) is 9.78 Å². The van der Waals surface area contributed by atoms with Gasteiger partial charge in [-0.05, 0) is 0 Å². The lowest BCUT2D eigenvalue weighted by Gasteiger charge is -2.04. The van der Waals surface area contributed by atoms with E-state index in [1.54, 1.807) is 30.5 Å². The molecule has 1 aliphatic rings. The van der Waals surface area contributed by atoms with Crippen LogP contribution in [0.5, 0.6) is 0 Å². The average Bonchev–Trinajstić information content (AvgIpc) is 3.07. The number of benzene rings is 1. The van der Waals surface area contributed by atoms with Crippen LogP contribution in [-0.4, -0.2) is 32.9 Å². The first kappa shape index (κ1) is 11.2. The van der Waals surface area contributed by atoms with E-state index in [0.717, 1.165) is 0 Å². The monoisotopic (exact) mass is 252 g/mol. The van der Waals surface area contributed by atoms with E-state index in [-0.39, 0.29) is 17.3 Å². The first-order chi connectivity index (χ1) is 9.25. The third-order valence-corrected chi connectivity index (χ3v) is 2.62. The second kappa shape index (κ2) is 4.41. The molecule has 6 heteroatoms. The summed E-state index contributed by atoms with van der Waals surface area (Å²) >= 11 is 0. The van der Waals surface area contributed by atoms with E-state index >= 15 is 0 Å². The average molecular weight is 252 g/mol. The largest absolute Gasteiger partial charge is 0.369 e. The quantitative estimate of drug-likeness (QED) is 0.761. The standard InChI is InChI=1S/C13H8N4O2/c18-11(9-4-2-1-3-5-9)10-12(16-13(19)15-10)17-7-6-14-8-17/h1-8H. The van der Waals surface area contributed by atoms with Crippen molar-refractivity contribution in [2.45, 2.75) is 0 Å². The highest BCUT2D eigenvalue weighted by atomic mass is 16.2. The Kier molecular flexibility index (Phi) is 2.60. The summed E-state index contributed by atoms with van der Waals surface area (Å²) in [6.07, 6.45) is 4.60. The number of ketones is 1. The first-order valence-corrected chi connectivity index (χ1v) is 5.55. The molecule has 1 aliphatic heterocycles. The fourth-order valence-corrected chi connectivity index (χ4v) is 1.76. The molecule has 0 unspecified atom stereocenters. The van der Waals surface area contributed by atoms with Crippen LogP contribution >= 0.6 is 0 Å². The molecule has 0 fully saturated rings. The summed E-state index contributed by atoms with van der Waals surface area (Å²) in [6, 6.07) is 7.96. The summed E-state index contributed by atoms with van der Waals surface area (Å²) in [5, 5.41) is 0. The highest BCUT2D eigenvalue weighted by Crippen LogP contribution is 2.09. The van der Waals surface area contributed by atoms with E-state index in [0.29, 0.717) is 5.56 Å². The van der Waals surface area contributed by atoms with Gasteiger partial charge in [-0.2, -0.15) is 9.98 Å². The Hall–Kier alpha value is -2.89. The van der Waals surface area contributed by atoms with Gasteiger partial charge < -0.3 is 0 Å². The minimum absolute atomic E-state index is 0.0363. The molecule has 2 aromatic rings. The van der Waals surface area contributed by atoms with Crippen LogP contribution in [0, 0.1) is 0 Å². The number of hydrogen-bond donors (Lipinski definition) is 0. The normalized spacial score (nSPS) is 14.2. The molecular weight excluding hydrogens is 244 g/mol. The van der Waals surface area contributed by atoms with Crippen LogP contribution in [0.4, 0.5) is 4.79 Å². The maximum absolute atomic E-state index is 12.3. The molecule has 0 aliphatic carbocycles. The number of imidazole rings is 1. The zero-order chi connectivity index (χ0) is 13.2. The van der Waals surface area contributed by atoms with Gasteiger partial charge in [-0.1, -0.05) is 30.3 Å². The molecule has 2 amide bonds. The number of Topliss-reactive ketones (excluding diaryl/α,β-unsaturated/α-hetero) is 1. The summed E-state index contributed by atoms with van der Waals surface area (Å²) in [7, 11) is 0. The van der Waals surface area contributed by atoms with Crippen LogP contribution < -0.4 is 0 Å². The van der Waals surface area contributed by atoms with E-state index in [2.05, 4.69) is 15.0 Å².